The fourth-order valence-corrected chi connectivity index (χ4v) is 2.69. The van der Waals surface area contributed by atoms with Crippen LogP contribution in [-0.4, -0.2) is 40.9 Å². The van der Waals surface area contributed by atoms with Crippen molar-refractivity contribution in [2.75, 3.05) is 18.4 Å². The van der Waals surface area contributed by atoms with Crippen molar-refractivity contribution < 1.29 is 27.7 Å². The van der Waals surface area contributed by atoms with Gasteiger partial charge in [0.1, 0.15) is 5.69 Å². The van der Waals surface area contributed by atoms with Gasteiger partial charge in [-0.15, -0.1) is 0 Å². The summed E-state index contributed by atoms with van der Waals surface area (Å²) in [6, 6.07) is 2.87. The van der Waals surface area contributed by atoms with Crippen molar-refractivity contribution in [3.63, 3.8) is 0 Å². The van der Waals surface area contributed by atoms with Crippen LogP contribution < -0.4 is 5.32 Å². The van der Waals surface area contributed by atoms with Crippen molar-refractivity contribution >= 4 is 23.2 Å². The third-order valence-corrected chi connectivity index (χ3v) is 3.69. The first-order valence-electron chi connectivity index (χ1n) is 7.04. The molecule has 0 saturated heterocycles. The Morgan fingerprint density at radius 1 is 1.25 bits per heavy atom. The molecule has 0 spiro atoms. The number of nitrogens with zero attached hydrogens (tertiary/aromatic N) is 2. The molecule has 0 saturated carbocycles. The van der Waals surface area contributed by atoms with E-state index < -0.39 is 22.9 Å². The van der Waals surface area contributed by atoms with Gasteiger partial charge < -0.3 is 10.2 Å². The van der Waals surface area contributed by atoms with Gasteiger partial charge in [0.05, 0.1) is 4.92 Å². The summed E-state index contributed by atoms with van der Waals surface area (Å²) in [6.07, 6.45) is -5.01. The lowest BCUT2D eigenvalue weighted by Crippen LogP contribution is -2.42. The molecule has 24 heavy (non-hydrogen) atoms. The largest absolute Gasteiger partial charge is 0.471 e. The zero-order chi connectivity index (χ0) is 18.1. The zero-order valence-corrected chi connectivity index (χ0v) is 12.6. The molecule has 10 heteroatoms. The number of nitro benzene ring substituents is 1. The van der Waals surface area contributed by atoms with Crippen LogP contribution in [0.15, 0.2) is 12.1 Å². The Bertz CT molecular complexity index is 703. The molecule has 1 heterocycles. The first-order chi connectivity index (χ1) is 11.1. The highest BCUT2D eigenvalue weighted by Crippen LogP contribution is 2.34. The number of carbonyl (C=O) groups excluding carboxylic acids is 2. The molecular weight excluding hydrogens is 331 g/mol. The van der Waals surface area contributed by atoms with Gasteiger partial charge >= 0.3 is 12.1 Å². The van der Waals surface area contributed by atoms with E-state index in [1.54, 1.807) is 0 Å². The topological polar surface area (TPSA) is 92.5 Å². The summed E-state index contributed by atoms with van der Waals surface area (Å²) in [7, 11) is 0. The Labute approximate surface area is 134 Å². The van der Waals surface area contributed by atoms with Crippen molar-refractivity contribution in [1.29, 1.82) is 0 Å². The molecule has 0 unspecified atom stereocenters. The minimum atomic E-state index is -4.98. The molecule has 0 bridgehead atoms. The van der Waals surface area contributed by atoms with Crippen molar-refractivity contribution in [2.45, 2.75) is 25.9 Å². The van der Waals surface area contributed by atoms with Crippen LogP contribution in [0.25, 0.3) is 0 Å². The monoisotopic (exact) mass is 345 g/mol. The molecular formula is C14H14F3N3O4. The number of rotatable bonds is 2. The number of nitrogens with one attached hydrogen (secondary N) is 1. The van der Waals surface area contributed by atoms with Gasteiger partial charge in [0.15, 0.2) is 0 Å². The SMILES string of the molecule is CC(=O)Nc1ccc2c(c1[N+](=O)[O-])CCN(C(=O)C(F)(F)F)CC2. The number of hydrogen-bond donors (Lipinski definition) is 1. The van der Waals surface area contributed by atoms with E-state index in [0.717, 1.165) is 0 Å². The van der Waals surface area contributed by atoms with E-state index in [2.05, 4.69) is 5.32 Å². The minimum absolute atomic E-state index is 0.0122. The maximum absolute atomic E-state index is 12.6. The maximum Gasteiger partial charge on any atom is 0.471 e. The summed E-state index contributed by atoms with van der Waals surface area (Å²) in [6.45, 7) is 0.733. The van der Waals surface area contributed by atoms with E-state index in [-0.39, 0.29) is 42.9 Å². The number of fused-ring (bicyclic) bond motifs is 1. The summed E-state index contributed by atoms with van der Waals surface area (Å²) in [5.74, 6) is -2.46. The third kappa shape index (κ3) is 3.63. The van der Waals surface area contributed by atoms with E-state index in [0.29, 0.717) is 10.5 Å². The average molecular weight is 345 g/mol. The Morgan fingerprint density at radius 3 is 2.42 bits per heavy atom. The molecule has 2 rings (SSSR count). The second-order valence-electron chi connectivity index (χ2n) is 5.33. The second kappa shape index (κ2) is 6.46. The average Bonchev–Trinajstić information content (AvgIpc) is 2.66. The van der Waals surface area contributed by atoms with E-state index in [9.17, 15) is 32.9 Å². The Morgan fingerprint density at radius 2 is 1.88 bits per heavy atom. The highest BCUT2D eigenvalue weighted by molar-refractivity contribution is 5.92. The predicted octanol–water partition coefficient (Wildman–Crippen LogP) is 2.04. The second-order valence-corrected chi connectivity index (χ2v) is 5.33. The number of benzene rings is 1. The quantitative estimate of drug-likeness (QED) is 0.656. The summed E-state index contributed by atoms with van der Waals surface area (Å²) in [4.78, 5) is 33.9. The number of nitro groups is 1. The van der Waals surface area contributed by atoms with Gasteiger partial charge in [-0.2, -0.15) is 13.2 Å². The van der Waals surface area contributed by atoms with Crippen LogP contribution in [0.4, 0.5) is 24.5 Å². The fraction of sp³-hybridized carbons (Fsp3) is 0.429. The lowest BCUT2D eigenvalue weighted by Gasteiger charge is -2.21. The number of amides is 2. The van der Waals surface area contributed by atoms with Gasteiger partial charge in [-0.1, -0.05) is 6.07 Å². The molecule has 1 aliphatic heterocycles. The minimum Gasteiger partial charge on any atom is -0.334 e. The molecule has 1 aliphatic rings. The molecule has 0 aromatic heterocycles. The van der Waals surface area contributed by atoms with Gasteiger partial charge in [0.25, 0.3) is 5.69 Å². The maximum atomic E-state index is 12.6. The molecule has 0 radical (unpaired) electrons. The number of hydrogen-bond acceptors (Lipinski definition) is 4. The van der Waals surface area contributed by atoms with Crippen molar-refractivity contribution in [3.05, 3.63) is 33.4 Å². The normalized spacial score (nSPS) is 14.6. The Hall–Kier alpha value is -2.65. The Kier molecular flexibility index (Phi) is 4.76. The number of halogens is 3. The fourth-order valence-electron chi connectivity index (χ4n) is 2.69. The van der Waals surface area contributed by atoms with Crippen LogP contribution in [0.2, 0.25) is 0 Å². The molecule has 0 aliphatic carbocycles. The number of carbonyl (C=O) groups is 2. The molecule has 0 atom stereocenters. The summed E-state index contributed by atoms with van der Waals surface area (Å²) < 4.78 is 37.7. The van der Waals surface area contributed by atoms with Crippen LogP contribution in [0, 0.1) is 10.1 Å². The van der Waals surface area contributed by atoms with E-state index in [1.807, 2.05) is 0 Å². The molecule has 1 aromatic rings. The van der Waals surface area contributed by atoms with Crippen molar-refractivity contribution in [3.8, 4) is 0 Å². The smallest absolute Gasteiger partial charge is 0.334 e. The first kappa shape index (κ1) is 17.7. The lowest BCUT2D eigenvalue weighted by molar-refractivity contribution is -0.384. The predicted molar refractivity (Wildman–Crippen MR) is 77.4 cm³/mol. The van der Waals surface area contributed by atoms with Gasteiger partial charge in [0, 0.05) is 25.6 Å². The molecule has 130 valence electrons. The van der Waals surface area contributed by atoms with Crippen LogP contribution in [-0.2, 0) is 22.4 Å². The highest BCUT2D eigenvalue weighted by atomic mass is 19.4. The van der Waals surface area contributed by atoms with Gasteiger partial charge in [0.2, 0.25) is 5.91 Å². The van der Waals surface area contributed by atoms with Crippen LogP contribution in [0.3, 0.4) is 0 Å². The summed E-state index contributed by atoms with van der Waals surface area (Å²) in [5.41, 5.74) is 0.378. The van der Waals surface area contributed by atoms with Gasteiger partial charge in [-0.25, -0.2) is 0 Å². The van der Waals surface area contributed by atoms with Crippen LogP contribution >= 0.6 is 0 Å². The molecule has 1 aromatic carbocycles. The van der Waals surface area contributed by atoms with E-state index in [1.165, 1.54) is 19.1 Å². The molecule has 1 N–H and O–H groups in total. The first-order valence-corrected chi connectivity index (χ1v) is 7.04. The molecule has 2 amide bonds. The van der Waals surface area contributed by atoms with Crippen LogP contribution in [0.1, 0.15) is 18.1 Å². The third-order valence-electron chi connectivity index (χ3n) is 3.69. The highest BCUT2D eigenvalue weighted by Gasteiger charge is 2.43. The zero-order valence-electron chi connectivity index (χ0n) is 12.6. The van der Waals surface area contributed by atoms with Crippen LogP contribution in [0.5, 0.6) is 0 Å². The van der Waals surface area contributed by atoms with Crippen molar-refractivity contribution in [1.82, 2.24) is 4.90 Å². The van der Waals surface area contributed by atoms with Gasteiger partial charge in [-0.3, -0.25) is 19.7 Å². The van der Waals surface area contributed by atoms with E-state index >= 15 is 0 Å². The van der Waals surface area contributed by atoms with Gasteiger partial charge in [-0.05, 0) is 24.5 Å². The van der Waals surface area contributed by atoms with E-state index in [4.69, 9.17) is 0 Å². The Balaban J connectivity index is 2.37. The van der Waals surface area contributed by atoms with Crippen molar-refractivity contribution in [2.24, 2.45) is 0 Å². The molecule has 0 fully saturated rings. The number of anilines is 1. The lowest BCUT2D eigenvalue weighted by atomic mass is 9.99. The summed E-state index contributed by atoms with van der Waals surface area (Å²) in [5, 5.41) is 13.7. The summed E-state index contributed by atoms with van der Waals surface area (Å²) >= 11 is 0. The molecule has 7 nitrogen and oxygen atoms in total. The standard InChI is InChI=1S/C14H14F3N3O4/c1-8(21)18-11-3-2-9-4-6-19(13(22)14(15,16)17)7-5-10(9)12(11)20(23)24/h2-3H,4-7H2,1H3,(H,18,21). The number of alkyl halides is 3.